The topological polar surface area (TPSA) is 43.8 Å². The lowest BCUT2D eigenvalue weighted by molar-refractivity contribution is 0.658. The lowest BCUT2D eigenvalue weighted by Gasteiger charge is -2.08. The first-order valence-electron chi connectivity index (χ1n) is 6.27. The predicted octanol–water partition coefficient (Wildman–Crippen LogP) is 4.80. The number of aromatic nitrogens is 2. The summed E-state index contributed by atoms with van der Waals surface area (Å²) in [5, 5.41) is 0. The van der Waals surface area contributed by atoms with Gasteiger partial charge in [0.15, 0.2) is 0 Å². The van der Waals surface area contributed by atoms with E-state index in [4.69, 9.17) is 10.7 Å². The number of hydrogen-bond donors (Lipinski definition) is 1. The third-order valence-corrected chi connectivity index (χ3v) is 4.94. The number of rotatable bonds is 3. The van der Waals surface area contributed by atoms with Crippen LogP contribution >= 0.6 is 31.9 Å². The van der Waals surface area contributed by atoms with Crippen LogP contribution < -0.4 is 5.73 Å². The molecule has 19 heavy (non-hydrogen) atoms. The molecule has 5 heteroatoms. The van der Waals surface area contributed by atoms with Gasteiger partial charge in [0.1, 0.15) is 17.3 Å². The molecule has 3 nitrogen and oxygen atoms in total. The average molecular weight is 387 g/mol. The molecule has 0 aliphatic heterocycles. The Bertz CT molecular complexity index is 603. The van der Waals surface area contributed by atoms with Gasteiger partial charge >= 0.3 is 0 Å². The molecule has 2 N–H and O–H groups in total. The third kappa shape index (κ3) is 2.72. The summed E-state index contributed by atoms with van der Waals surface area (Å²) in [6, 6.07) is 6.06. The molecule has 0 saturated heterocycles. The molecule has 2 rings (SSSR count). The molecule has 0 radical (unpaired) electrons. The fraction of sp³-hybridized carbons (Fsp3) is 0.357. The highest BCUT2D eigenvalue weighted by Crippen LogP contribution is 2.33. The van der Waals surface area contributed by atoms with Crippen molar-refractivity contribution in [2.75, 3.05) is 5.73 Å². The smallest absolute Gasteiger partial charge is 0.131 e. The van der Waals surface area contributed by atoms with E-state index in [0.29, 0.717) is 5.92 Å². The second kappa shape index (κ2) is 5.67. The number of benzene rings is 1. The van der Waals surface area contributed by atoms with Crippen molar-refractivity contribution >= 4 is 37.7 Å². The Labute approximate surface area is 130 Å². The fourth-order valence-electron chi connectivity index (χ4n) is 2.11. The minimum atomic E-state index is 0.356. The highest BCUT2D eigenvalue weighted by molar-refractivity contribution is 9.13. The van der Waals surface area contributed by atoms with Gasteiger partial charge in [-0.25, -0.2) is 4.98 Å². The maximum Gasteiger partial charge on any atom is 0.131 e. The van der Waals surface area contributed by atoms with E-state index >= 15 is 0 Å². The molecular weight excluding hydrogens is 370 g/mol. The van der Waals surface area contributed by atoms with Gasteiger partial charge in [-0.05, 0) is 50.9 Å². The maximum absolute atomic E-state index is 6.25. The van der Waals surface area contributed by atoms with Gasteiger partial charge in [0.2, 0.25) is 0 Å². The lowest BCUT2D eigenvalue weighted by Crippen LogP contribution is -2.06. The van der Waals surface area contributed by atoms with Crippen molar-refractivity contribution in [3.8, 4) is 11.3 Å². The second-order valence-electron chi connectivity index (χ2n) is 4.73. The van der Waals surface area contributed by atoms with Crippen molar-refractivity contribution in [3.63, 3.8) is 0 Å². The zero-order valence-electron chi connectivity index (χ0n) is 11.2. The van der Waals surface area contributed by atoms with Crippen LogP contribution in [0.3, 0.4) is 0 Å². The quantitative estimate of drug-likeness (QED) is 0.823. The highest BCUT2D eigenvalue weighted by atomic mass is 79.9. The van der Waals surface area contributed by atoms with E-state index in [1.807, 2.05) is 18.2 Å². The summed E-state index contributed by atoms with van der Waals surface area (Å²) >= 11 is 6.99. The lowest BCUT2D eigenvalue weighted by atomic mass is 10.1. The van der Waals surface area contributed by atoms with Crippen LogP contribution in [0.25, 0.3) is 11.3 Å². The predicted molar refractivity (Wildman–Crippen MR) is 87.2 cm³/mol. The van der Waals surface area contributed by atoms with E-state index in [9.17, 15) is 0 Å². The summed E-state index contributed by atoms with van der Waals surface area (Å²) in [5.74, 6) is 2.13. The number of imidazole rings is 1. The zero-order chi connectivity index (χ0) is 14.2. The Kier molecular flexibility index (Phi) is 4.36. The van der Waals surface area contributed by atoms with Crippen LogP contribution in [0.15, 0.2) is 27.1 Å². The monoisotopic (exact) mass is 385 g/mol. The first-order chi connectivity index (χ1) is 8.95. The van der Waals surface area contributed by atoms with Crippen molar-refractivity contribution in [3.05, 3.63) is 33.0 Å². The number of nitrogen functional groups attached to an aromatic ring is 1. The van der Waals surface area contributed by atoms with Gasteiger partial charge in [-0.2, -0.15) is 0 Å². The number of anilines is 1. The van der Waals surface area contributed by atoms with E-state index in [1.165, 1.54) is 0 Å². The number of nitrogens with two attached hydrogens (primary N) is 1. The molecule has 1 heterocycles. The molecule has 0 amide bonds. The standard InChI is InChI=1S/C14H17Br2N3/c1-4-19-13(17)12(18-14(19)8(2)3)9-5-6-10(15)11(16)7-9/h5-8H,4,17H2,1-3H3. The Morgan fingerprint density at radius 1 is 1.26 bits per heavy atom. The molecule has 0 aliphatic carbocycles. The van der Waals surface area contributed by atoms with E-state index in [2.05, 4.69) is 57.2 Å². The Balaban J connectivity index is 2.59. The molecule has 0 saturated carbocycles. The van der Waals surface area contributed by atoms with Crippen LogP contribution in [0.1, 0.15) is 32.5 Å². The number of nitrogens with zero attached hydrogens (tertiary/aromatic N) is 2. The largest absolute Gasteiger partial charge is 0.383 e. The van der Waals surface area contributed by atoms with E-state index in [1.54, 1.807) is 0 Å². The summed E-state index contributed by atoms with van der Waals surface area (Å²) in [4.78, 5) is 4.72. The van der Waals surface area contributed by atoms with Gasteiger partial charge in [-0.1, -0.05) is 19.9 Å². The molecule has 0 atom stereocenters. The Morgan fingerprint density at radius 3 is 2.42 bits per heavy atom. The van der Waals surface area contributed by atoms with E-state index in [0.717, 1.165) is 38.4 Å². The van der Waals surface area contributed by atoms with Crippen LogP contribution in [0.4, 0.5) is 5.82 Å². The SMILES string of the molecule is CCn1c(C(C)C)nc(-c2ccc(Br)c(Br)c2)c1N. The molecule has 0 fully saturated rings. The summed E-state index contributed by atoms with van der Waals surface area (Å²) < 4.78 is 4.10. The molecule has 1 aromatic carbocycles. The van der Waals surface area contributed by atoms with Crippen LogP contribution in [0, 0.1) is 0 Å². The van der Waals surface area contributed by atoms with Crippen LogP contribution in [-0.4, -0.2) is 9.55 Å². The molecular formula is C14H17Br2N3. The maximum atomic E-state index is 6.25. The van der Waals surface area contributed by atoms with Crippen molar-refractivity contribution in [1.29, 1.82) is 0 Å². The van der Waals surface area contributed by atoms with E-state index in [-0.39, 0.29) is 0 Å². The summed E-state index contributed by atoms with van der Waals surface area (Å²) in [6.45, 7) is 7.19. The third-order valence-electron chi connectivity index (χ3n) is 3.06. The summed E-state index contributed by atoms with van der Waals surface area (Å²) in [5.41, 5.74) is 8.14. The average Bonchev–Trinajstić information content (AvgIpc) is 2.70. The summed E-state index contributed by atoms with van der Waals surface area (Å²) in [6.07, 6.45) is 0. The zero-order valence-corrected chi connectivity index (χ0v) is 14.4. The van der Waals surface area contributed by atoms with Crippen LogP contribution in [-0.2, 0) is 6.54 Å². The van der Waals surface area contributed by atoms with Gasteiger partial charge in [0.05, 0.1) is 0 Å². The van der Waals surface area contributed by atoms with Gasteiger partial charge in [-0.15, -0.1) is 0 Å². The Hall–Kier alpha value is -0.810. The van der Waals surface area contributed by atoms with Crippen molar-refractivity contribution in [2.45, 2.75) is 33.2 Å². The van der Waals surface area contributed by atoms with Crippen molar-refractivity contribution < 1.29 is 0 Å². The Morgan fingerprint density at radius 2 is 1.95 bits per heavy atom. The molecule has 0 unspecified atom stereocenters. The molecule has 0 bridgehead atoms. The molecule has 1 aromatic heterocycles. The van der Waals surface area contributed by atoms with Crippen molar-refractivity contribution in [2.24, 2.45) is 0 Å². The minimum Gasteiger partial charge on any atom is -0.383 e. The van der Waals surface area contributed by atoms with Gasteiger partial charge in [0, 0.05) is 27.0 Å². The normalized spacial score (nSPS) is 11.3. The number of halogens is 2. The summed E-state index contributed by atoms with van der Waals surface area (Å²) in [7, 11) is 0. The van der Waals surface area contributed by atoms with Gasteiger partial charge in [0.25, 0.3) is 0 Å². The highest BCUT2D eigenvalue weighted by Gasteiger charge is 2.17. The van der Waals surface area contributed by atoms with Crippen molar-refractivity contribution in [1.82, 2.24) is 9.55 Å². The first kappa shape index (κ1) is 14.6. The molecule has 2 aromatic rings. The van der Waals surface area contributed by atoms with Crippen LogP contribution in [0.2, 0.25) is 0 Å². The minimum absolute atomic E-state index is 0.356. The second-order valence-corrected chi connectivity index (χ2v) is 6.44. The fourth-order valence-corrected chi connectivity index (χ4v) is 2.74. The van der Waals surface area contributed by atoms with Gasteiger partial charge < -0.3 is 10.3 Å². The molecule has 102 valence electrons. The molecule has 0 spiro atoms. The van der Waals surface area contributed by atoms with E-state index < -0.39 is 0 Å². The van der Waals surface area contributed by atoms with Crippen LogP contribution in [0.5, 0.6) is 0 Å². The first-order valence-corrected chi connectivity index (χ1v) is 7.85. The molecule has 0 aliphatic rings. The number of hydrogen-bond acceptors (Lipinski definition) is 2. The van der Waals surface area contributed by atoms with Gasteiger partial charge in [-0.3, -0.25) is 0 Å².